The summed E-state index contributed by atoms with van der Waals surface area (Å²) in [7, 11) is 1.70. The van der Waals surface area contributed by atoms with Gasteiger partial charge in [-0.1, -0.05) is 6.92 Å². The molecule has 1 aliphatic carbocycles. The van der Waals surface area contributed by atoms with E-state index in [9.17, 15) is 4.79 Å². The number of rotatable bonds is 7. The summed E-state index contributed by atoms with van der Waals surface area (Å²) in [6, 6.07) is 8.31. The zero-order valence-electron chi connectivity index (χ0n) is 11.6. The van der Waals surface area contributed by atoms with Crippen LogP contribution in [0.25, 0.3) is 0 Å². The topological polar surface area (TPSA) is 50.4 Å². The van der Waals surface area contributed by atoms with Gasteiger partial charge in [0.1, 0.15) is 0 Å². The van der Waals surface area contributed by atoms with Gasteiger partial charge in [0.2, 0.25) is 0 Å². The van der Waals surface area contributed by atoms with Crippen LogP contribution in [0, 0.1) is 0 Å². The molecule has 0 saturated heterocycles. The van der Waals surface area contributed by atoms with Crippen molar-refractivity contribution in [3.8, 4) is 0 Å². The normalized spacial score (nSPS) is 15.9. The minimum Gasteiger partial charge on any atom is -0.383 e. The van der Waals surface area contributed by atoms with Gasteiger partial charge in [-0.25, -0.2) is 0 Å². The lowest BCUT2D eigenvalue weighted by Crippen LogP contribution is -2.25. The molecule has 4 nitrogen and oxygen atoms in total. The zero-order chi connectivity index (χ0) is 13.7. The van der Waals surface area contributed by atoms with Crippen LogP contribution in [0.3, 0.4) is 0 Å². The fraction of sp³-hybridized carbons (Fsp3) is 0.533. The maximum absolute atomic E-state index is 11.8. The first-order valence-electron chi connectivity index (χ1n) is 6.89. The van der Waals surface area contributed by atoms with Crippen molar-refractivity contribution in [2.45, 2.75) is 38.3 Å². The average molecular weight is 262 g/mol. The molecule has 2 N–H and O–H groups in total. The smallest absolute Gasteiger partial charge is 0.251 e. The highest BCUT2D eigenvalue weighted by Gasteiger charge is 2.23. The first-order valence-corrected chi connectivity index (χ1v) is 6.89. The van der Waals surface area contributed by atoms with Crippen LogP contribution in [0.15, 0.2) is 24.3 Å². The van der Waals surface area contributed by atoms with Gasteiger partial charge >= 0.3 is 0 Å². The quantitative estimate of drug-likeness (QED) is 0.793. The van der Waals surface area contributed by atoms with Gasteiger partial charge in [0.15, 0.2) is 0 Å². The first-order chi connectivity index (χ1) is 9.22. The van der Waals surface area contributed by atoms with Crippen molar-refractivity contribution >= 4 is 11.6 Å². The van der Waals surface area contributed by atoms with E-state index in [2.05, 4.69) is 17.6 Å². The third-order valence-corrected chi connectivity index (χ3v) is 3.29. The molecular weight excluding hydrogens is 240 g/mol. The minimum atomic E-state index is 0.0259. The second-order valence-corrected chi connectivity index (χ2v) is 5.03. The van der Waals surface area contributed by atoms with E-state index in [0.29, 0.717) is 18.7 Å². The van der Waals surface area contributed by atoms with E-state index in [4.69, 9.17) is 4.74 Å². The average Bonchev–Trinajstić information content (AvgIpc) is 3.23. The Balaban J connectivity index is 1.91. The number of carbonyl (C=O) groups excluding carboxylic acids is 1. The van der Waals surface area contributed by atoms with E-state index in [1.54, 1.807) is 7.11 Å². The second-order valence-electron chi connectivity index (χ2n) is 5.03. The van der Waals surface area contributed by atoms with E-state index >= 15 is 0 Å². The molecule has 1 aromatic carbocycles. The van der Waals surface area contributed by atoms with Crippen LogP contribution in [0.1, 0.15) is 36.5 Å². The van der Waals surface area contributed by atoms with Gasteiger partial charge in [0.25, 0.3) is 5.91 Å². The molecule has 1 fully saturated rings. The Morgan fingerprint density at radius 1 is 1.37 bits per heavy atom. The van der Waals surface area contributed by atoms with Gasteiger partial charge in [-0.3, -0.25) is 4.79 Å². The second kappa shape index (κ2) is 6.57. The monoisotopic (exact) mass is 262 g/mol. The van der Waals surface area contributed by atoms with Crippen LogP contribution in [0.2, 0.25) is 0 Å². The van der Waals surface area contributed by atoms with Crippen molar-refractivity contribution in [1.82, 2.24) is 5.32 Å². The molecule has 0 heterocycles. The fourth-order valence-electron chi connectivity index (χ4n) is 1.91. The largest absolute Gasteiger partial charge is 0.383 e. The highest BCUT2D eigenvalue weighted by molar-refractivity contribution is 5.94. The van der Waals surface area contributed by atoms with Gasteiger partial charge < -0.3 is 15.4 Å². The Morgan fingerprint density at radius 3 is 2.58 bits per heavy atom. The van der Waals surface area contributed by atoms with E-state index < -0.39 is 0 Å². The van der Waals surface area contributed by atoms with Crippen LogP contribution >= 0.6 is 0 Å². The summed E-state index contributed by atoms with van der Waals surface area (Å²) in [6.45, 7) is 2.80. The SMILES string of the molecule is CCC(COC)Nc1ccc(C(=O)NC2CC2)cc1. The van der Waals surface area contributed by atoms with Crippen molar-refractivity contribution in [3.63, 3.8) is 0 Å². The van der Waals surface area contributed by atoms with Gasteiger partial charge in [-0.05, 0) is 43.5 Å². The zero-order valence-corrected chi connectivity index (χ0v) is 11.6. The molecule has 1 unspecified atom stereocenters. The lowest BCUT2D eigenvalue weighted by molar-refractivity contribution is 0.0951. The van der Waals surface area contributed by atoms with E-state index in [-0.39, 0.29) is 5.91 Å². The molecule has 0 bridgehead atoms. The summed E-state index contributed by atoms with van der Waals surface area (Å²) >= 11 is 0. The summed E-state index contributed by atoms with van der Waals surface area (Å²) in [6.07, 6.45) is 3.22. The number of methoxy groups -OCH3 is 1. The maximum Gasteiger partial charge on any atom is 0.251 e. The lowest BCUT2D eigenvalue weighted by atomic mass is 10.1. The highest BCUT2D eigenvalue weighted by atomic mass is 16.5. The molecule has 4 heteroatoms. The summed E-state index contributed by atoms with van der Waals surface area (Å²) in [5, 5.41) is 6.37. The van der Waals surface area contributed by atoms with Gasteiger partial charge in [-0.15, -0.1) is 0 Å². The van der Waals surface area contributed by atoms with Crippen LogP contribution in [-0.4, -0.2) is 31.7 Å². The standard InChI is InChI=1S/C15H22N2O2/c1-3-12(10-19-2)16-13-6-4-11(5-7-13)15(18)17-14-8-9-14/h4-7,12,14,16H,3,8-10H2,1-2H3,(H,17,18). The molecule has 2 rings (SSSR count). The molecule has 0 aliphatic heterocycles. The molecule has 1 amide bonds. The Hall–Kier alpha value is -1.55. The predicted octanol–water partition coefficient (Wildman–Crippen LogP) is 2.42. The third kappa shape index (κ3) is 4.24. The number of carbonyl (C=O) groups is 1. The van der Waals surface area contributed by atoms with Crippen LogP contribution in [-0.2, 0) is 4.74 Å². The number of anilines is 1. The Kier molecular flexibility index (Phi) is 4.80. The Bertz CT molecular complexity index is 413. The van der Waals surface area contributed by atoms with Crippen LogP contribution < -0.4 is 10.6 Å². The lowest BCUT2D eigenvalue weighted by Gasteiger charge is -2.17. The summed E-state index contributed by atoms with van der Waals surface area (Å²) in [5.41, 5.74) is 1.74. The van der Waals surface area contributed by atoms with E-state index in [1.165, 1.54) is 0 Å². The van der Waals surface area contributed by atoms with Crippen molar-refractivity contribution in [3.05, 3.63) is 29.8 Å². The molecule has 0 radical (unpaired) electrons. The van der Waals surface area contributed by atoms with Crippen molar-refractivity contribution < 1.29 is 9.53 Å². The number of amides is 1. The number of ether oxygens (including phenoxy) is 1. The molecular formula is C15H22N2O2. The summed E-state index contributed by atoms with van der Waals surface area (Å²) < 4.78 is 5.15. The molecule has 0 aromatic heterocycles. The summed E-state index contributed by atoms with van der Waals surface area (Å²) in [5.74, 6) is 0.0259. The van der Waals surface area contributed by atoms with Crippen LogP contribution in [0.4, 0.5) is 5.69 Å². The van der Waals surface area contributed by atoms with E-state index in [0.717, 1.165) is 30.5 Å². The molecule has 0 spiro atoms. The predicted molar refractivity (Wildman–Crippen MR) is 76.5 cm³/mol. The minimum absolute atomic E-state index is 0.0259. The van der Waals surface area contributed by atoms with Crippen molar-refractivity contribution in [2.75, 3.05) is 19.0 Å². The van der Waals surface area contributed by atoms with Crippen LogP contribution in [0.5, 0.6) is 0 Å². The highest BCUT2D eigenvalue weighted by Crippen LogP contribution is 2.19. The molecule has 1 saturated carbocycles. The van der Waals surface area contributed by atoms with E-state index in [1.807, 2.05) is 24.3 Å². The van der Waals surface area contributed by atoms with Gasteiger partial charge in [0, 0.05) is 30.4 Å². The maximum atomic E-state index is 11.8. The number of hydrogen-bond acceptors (Lipinski definition) is 3. The molecule has 1 aliphatic rings. The van der Waals surface area contributed by atoms with Crippen molar-refractivity contribution in [2.24, 2.45) is 0 Å². The first kappa shape index (κ1) is 13.9. The molecule has 1 atom stereocenters. The number of benzene rings is 1. The van der Waals surface area contributed by atoms with Crippen molar-refractivity contribution in [1.29, 1.82) is 0 Å². The van der Waals surface area contributed by atoms with Gasteiger partial charge in [-0.2, -0.15) is 0 Å². The summed E-state index contributed by atoms with van der Waals surface area (Å²) in [4.78, 5) is 11.8. The fourth-order valence-corrected chi connectivity index (χ4v) is 1.91. The third-order valence-electron chi connectivity index (χ3n) is 3.29. The molecule has 104 valence electrons. The Labute approximate surface area is 114 Å². The van der Waals surface area contributed by atoms with Gasteiger partial charge in [0.05, 0.1) is 6.61 Å². The molecule has 19 heavy (non-hydrogen) atoms. The molecule has 1 aromatic rings. The number of hydrogen-bond donors (Lipinski definition) is 2. The Morgan fingerprint density at radius 2 is 2.05 bits per heavy atom. The number of nitrogens with one attached hydrogen (secondary N) is 2.